The summed E-state index contributed by atoms with van der Waals surface area (Å²) < 4.78 is 24.4. The Labute approximate surface area is 180 Å². The maximum Gasteiger partial charge on any atom is 0.252 e. The lowest BCUT2D eigenvalue weighted by molar-refractivity contribution is -0.117. The number of nitrogens with zero attached hydrogens (tertiary/aromatic N) is 2. The van der Waals surface area contributed by atoms with Crippen LogP contribution in [0.15, 0.2) is 47.5 Å². The van der Waals surface area contributed by atoms with E-state index in [0.29, 0.717) is 10.2 Å². The predicted octanol–water partition coefficient (Wildman–Crippen LogP) is 3.80. The van der Waals surface area contributed by atoms with Crippen LogP contribution >= 0.6 is 23.4 Å². The zero-order chi connectivity index (χ0) is 20.8. The molecule has 2 aliphatic rings. The Morgan fingerprint density at radius 2 is 1.79 bits per heavy atom. The molecule has 2 unspecified atom stereocenters. The molecule has 0 radical (unpaired) electrons. The molecule has 5 nitrogen and oxygen atoms in total. The fraction of sp³-hybridized carbons (Fsp3) is 0.333. The van der Waals surface area contributed by atoms with Gasteiger partial charge in [0, 0.05) is 16.0 Å². The molecule has 2 heterocycles. The molecule has 4 rings (SSSR count). The van der Waals surface area contributed by atoms with E-state index in [0.717, 1.165) is 22.4 Å². The van der Waals surface area contributed by atoms with Crippen LogP contribution in [0.2, 0.25) is 5.02 Å². The van der Waals surface area contributed by atoms with E-state index in [2.05, 4.69) is 11.1 Å². The van der Waals surface area contributed by atoms with E-state index in [1.54, 1.807) is 12.1 Å². The molecule has 0 aliphatic carbocycles. The molecule has 0 N–H and O–H groups in total. The second-order valence-electron chi connectivity index (χ2n) is 7.61. The molecular weight excluding hydrogens is 428 g/mol. The highest BCUT2D eigenvalue weighted by molar-refractivity contribution is 8.16. The molecule has 2 aromatic carbocycles. The lowest BCUT2D eigenvalue weighted by Crippen LogP contribution is -2.37. The van der Waals surface area contributed by atoms with Gasteiger partial charge in [0.1, 0.15) is 0 Å². The number of hydrogen-bond acceptors (Lipinski definition) is 4. The Morgan fingerprint density at radius 1 is 1.14 bits per heavy atom. The van der Waals surface area contributed by atoms with Crippen molar-refractivity contribution < 1.29 is 13.2 Å². The van der Waals surface area contributed by atoms with E-state index in [1.807, 2.05) is 43.0 Å². The monoisotopic (exact) mass is 448 g/mol. The molecule has 2 aromatic rings. The summed E-state index contributed by atoms with van der Waals surface area (Å²) in [5.74, 6) is -0.0529. The quantitative estimate of drug-likeness (QED) is 0.714. The topological polar surface area (TPSA) is 66.8 Å². The lowest BCUT2D eigenvalue weighted by Gasteiger charge is -2.25. The maximum atomic E-state index is 12.6. The molecule has 0 aromatic heterocycles. The summed E-state index contributed by atoms with van der Waals surface area (Å²) >= 11 is 7.30. The number of amides is 1. The van der Waals surface area contributed by atoms with Crippen LogP contribution in [-0.4, -0.2) is 42.3 Å². The van der Waals surface area contributed by atoms with E-state index in [1.165, 1.54) is 11.8 Å². The number of halogens is 1. The summed E-state index contributed by atoms with van der Waals surface area (Å²) in [6, 6.07) is 13.0. The van der Waals surface area contributed by atoms with Crippen LogP contribution in [0, 0.1) is 13.8 Å². The number of hydrogen-bond donors (Lipinski definition) is 0. The van der Waals surface area contributed by atoms with Gasteiger partial charge in [0.15, 0.2) is 15.0 Å². The van der Waals surface area contributed by atoms with Gasteiger partial charge in [0.2, 0.25) is 0 Å². The minimum absolute atomic E-state index is 0.0854. The van der Waals surface area contributed by atoms with Crippen molar-refractivity contribution in [1.29, 1.82) is 0 Å². The molecular formula is C21H21ClN2O3S2. The van der Waals surface area contributed by atoms with Gasteiger partial charge >= 0.3 is 0 Å². The normalized spacial score (nSPS) is 24.1. The van der Waals surface area contributed by atoms with Gasteiger partial charge in [-0.2, -0.15) is 4.99 Å². The summed E-state index contributed by atoms with van der Waals surface area (Å²) in [5.41, 5.74) is 3.90. The van der Waals surface area contributed by atoms with Crippen LogP contribution in [0.1, 0.15) is 16.7 Å². The number of aryl methyl sites for hydroxylation is 2. The number of rotatable bonds is 3. The molecule has 0 saturated carbocycles. The molecule has 0 bridgehead atoms. The van der Waals surface area contributed by atoms with Gasteiger partial charge in [-0.3, -0.25) is 4.79 Å². The van der Waals surface area contributed by atoms with E-state index in [4.69, 9.17) is 11.6 Å². The highest BCUT2D eigenvalue weighted by Crippen LogP contribution is 2.41. The molecule has 152 valence electrons. The maximum absolute atomic E-state index is 12.6. The number of carbonyl (C=O) groups is 1. The van der Waals surface area contributed by atoms with E-state index < -0.39 is 9.84 Å². The second kappa shape index (κ2) is 7.78. The van der Waals surface area contributed by atoms with Crippen molar-refractivity contribution in [2.24, 2.45) is 4.99 Å². The van der Waals surface area contributed by atoms with Crippen molar-refractivity contribution in [3.63, 3.8) is 0 Å². The number of sulfone groups is 1. The Kier molecular flexibility index (Phi) is 5.48. The minimum Gasteiger partial charge on any atom is -0.316 e. The van der Waals surface area contributed by atoms with Gasteiger partial charge in [-0.15, -0.1) is 0 Å². The summed E-state index contributed by atoms with van der Waals surface area (Å²) in [7, 11) is -3.09. The number of aliphatic imine (C=N–C) groups is 1. The average molecular weight is 449 g/mol. The van der Waals surface area contributed by atoms with Crippen LogP contribution in [0.5, 0.6) is 0 Å². The Bertz CT molecular complexity index is 1080. The average Bonchev–Trinajstić information content (AvgIpc) is 3.06. The van der Waals surface area contributed by atoms with Crippen LogP contribution < -0.4 is 4.90 Å². The van der Waals surface area contributed by atoms with Gasteiger partial charge in [-0.25, -0.2) is 8.42 Å². The summed E-state index contributed by atoms with van der Waals surface area (Å²) in [5, 5.41) is 1.09. The van der Waals surface area contributed by atoms with Crippen LogP contribution in [0.3, 0.4) is 0 Å². The fourth-order valence-corrected chi connectivity index (χ4v) is 7.94. The van der Waals surface area contributed by atoms with Crippen LogP contribution in [0.25, 0.3) is 0 Å². The van der Waals surface area contributed by atoms with Gasteiger partial charge < -0.3 is 4.90 Å². The number of anilines is 1. The second-order valence-corrected chi connectivity index (χ2v) is 11.4. The van der Waals surface area contributed by atoms with Crippen LogP contribution in [-0.2, 0) is 21.1 Å². The summed E-state index contributed by atoms with van der Waals surface area (Å²) in [4.78, 5) is 19.0. The van der Waals surface area contributed by atoms with Gasteiger partial charge in [-0.05, 0) is 54.8 Å². The number of amidine groups is 1. The van der Waals surface area contributed by atoms with Crippen LogP contribution in [0.4, 0.5) is 5.69 Å². The molecule has 1 amide bonds. The molecule has 2 fully saturated rings. The number of carbonyl (C=O) groups excluding carboxylic acids is 1. The molecule has 0 spiro atoms. The highest BCUT2D eigenvalue weighted by Gasteiger charge is 2.49. The largest absolute Gasteiger partial charge is 0.316 e. The first-order chi connectivity index (χ1) is 13.7. The Hall–Kier alpha value is -1.83. The Balaban J connectivity index is 1.66. The third-order valence-corrected chi connectivity index (χ3v) is 8.50. The van der Waals surface area contributed by atoms with Crippen molar-refractivity contribution in [1.82, 2.24) is 0 Å². The van der Waals surface area contributed by atoms with Gasteiger partial charge in [0.25, 0.3) is 5.91 Å². The standard InChI is InChI=1S/C21H21ClN2O3S2/c1-13-7-14(2)9-17(8-13)24-18-11-29(26,27)12-19(18)28-21(24)23-20(25)10-15-3-5-16(22)6-4-15/h3-9,18-19H,10-12H2,1-2H3. The first kappa shape index (κ1) is 20.4. The summed E-state index contributed by atoms with van der Waals surface area (Å²) in [6.45, 7) is 4.01. The van der Waals surface area contributed by atoms with Gasteiger partial charge in [-0.1, -0.05) is 41.6 Å². The van der Waals surface area contributed by atoms with Crippen molar-refractivity contribution >= 4 is 50.0 Å². The van der Waals surface area contributed by atoms with Gasteiger partial charge in [0.05, 0.1) is 24.0 Å². The Morgan fingerprint density at radius 3 is 2.45 bits per heavy atom. The number of benzene rings is 2. The number of fused-ring (bicyclic) bond motifs is 1. The zero-order valence-corrected chi connectivity index (χ0v) is 18.5. The predicted molar refractivity (Wildman–Crippen MR) is 120 cm³/mol. The fourth-order valence-electron chi connectivity index (χ4n) is 3.88. The molecule has 29 heavy (non-hydrogen) atoms. The third-order valence-electron chi connectivity index (χ3n) is 5.04. The van der Waals surface area contributed by atoms with Crippen molar-refractivity contribution in [3.8, 4) is 0 Å². The third kappa shape index (κ3) is 4.52. The van der Waals surface area contributed by atoms with Crippen molar-refractivity contribution in [2.75, 3.05) is 16.4 Å². The smallest absolute Gasteiger partial charge is 0.252 e. The first-order valence-electron chi connectivity index (χ1n) is 9.31. The SMILES string of the molecule is Cc1cc(C)cc(N2C(=NC(=O)Cc3ccc(Cl)cc3)SC3CS(=O)(=O)CC32)c1. The van der Waals surface area contributed by atoms with Crippen molar-refractivity contribution in [3.05, 3.63) is 64.2 Å². The summed E-state index contributed by atoms with van der Waals surface area (Å²) in [6.07, 6.45) is 0.176. The van der Waals surface area contributed by atoms with E-state index >= 15 is 0 Å². The highest BCUT2D eigenvalue weighted by atomic mass is 35.5. The lowest BCUT2D eigenvalue weighted by atomic mass is 10.1. The first-order valence-corrected chi connectivity index (χ1v) is 12.4. The minimum atomic E-state index is -3.09. The molecule has 2 aliphatic heterocycles. The number of thioether (sulfide) groups is 1. The molecule has 2 atom stereocenters. The van der Waals surface area contributed by atoms with Crippen molar-refractivity contribution in [2.45, 2.75) is 31.6 Å². The van der Waals surface area contributed by atoms with E-state index in [-0.39, 0.29) is 35.1 Å². The zero-order valence-electron chi connectivity index (χ0n) is 16.1. The molecule has 2 saturated heterocycles. The molecule has 8 heteroatoms. The van der Waals surface area contributed by atoms with E-state index in [9.17, 15) is 13.2 Å².